The first-order chi connectivity index (χ1) is 9.29. The first-order valence-corrected chi connectivity index (χ1v) is 8.13. The number of hydrogen-bond donors (Lipinski definition) is 1. The summed E-state index contributed by atoms with van der Waals surface area (Å²) in [5.41, 5.74) is 9.30. The minimum absolute atomic E-state index is 0.352. The molecule has 1 nitrogen and oxygen atoms in total. The Balaban J connectivity index is 1.88. The van der Waals surface area contributed by atoms with E-state index in [-0.39, 0.29) is 0 Å². The molecule has 0 aromatic heterocycles. The largest absolute Gasteiger partial charge is 0.327 e. The minimum Gasteiger partial charge on any atom is -0.327 e. The zero-order valence-electron chi connectivity index (χ0n) is 12.4. The van der Waals surface area contributed by atoms with Gasteiger partial charge in [0, 0.05) is 6.04 Å². The highest BCUT2D eigenvalue weighted by molar-refractivity contribution is 5.23. The van der Waals surface area contributed by atoms with Crippen LogP contribution in [0.25, 0.3) is 0 Å². The summed E-state index contributed by atoms with van der Waals surface area (Å²) in [5.74, 6) is 0.742. The molecule has 1 saturated carbocycles. The molecule has 106 valence electrons. The number of nitrogens with two attached hydrogens (primary N) is 1. The van der Waals surface area contributed by atoms with Crippen molar-refractivity contribution < 1.29 is 0 Å². The van der Waals surface area contributed by atoms with Crippen molar-refractivity contribution in [1.29, 1.82) is 0 Å². The van der Waals surface area contributed by atoms with E-state index in [1.165, 1.54) is 56.1 Å². The van der Waals surface area contributed by atoms with Gasteiger partial charge in [-0.05, 0) is 42.7 Å². The summed E-state index contributed by atoms with van der Waals surface area (Å²) in [6, 6.07) is 9.38. The fourth-order valence-corrected chi connectivity index (χ4v) is 3.27. The molecule has 1 aliphatic carbocycles. The van der Waals surface area contributed by atoms with Crippen molar-refractivity contribution in [3.8, 4) is 0 Å². The van der Waals surface area contributed by atoms with Crippen LogP contribution in [0.4, 0.5) is 0 Å². The third kappa shape index (κ3) is 4.65. The smallest absolute Gasteiger partial charge is 0.0108 e. The van der Waals surface area contributed by atoms with E-state index in [1.807, 2.05) is 0 Å². The average molecular weight is 259 g/mol. The lowest BCUT2D eigenvalue weighted by Gasteiger charge is -2.26. The Morgan fingerprint density at radius 3 is 2.05 bits per heavy atom. The first-order valence-electron chi connectivity index (χ1n) is 8.13. The van der Waals surface area contributed by atoms with Gasteiger partial charge in [0.25, 0.3) is 0 Å². The van der Waals surface area contributed by atoms with Crippen LogP contribution in [0.1, 0.15) is 63.0 Å². The molecule has 1 aliphatic rings. The molecule has 19 heavy (non-hydrogen) atoms. The zero-order valence-corrected chi connectivity index (χ0v) is 12.4. The fraction of sp³-hybridized carbons (Fsp3) is 0.667. The van der Waals surface area contributed by atoms with Crippen LogP contribution in [0.15, 0.2) is 24.3 Å². The molecule has 0 saturated heterocycles. The molecule has 0 spiro atoms. The van der Waals surface area contributed by atoms with Crippen LogP contribution < -0.4 is 5.73 Å². The molecule has 1 heteroatoms. The summed E-state index contributed by atoms with van der Waals surface area (Å²) in [6.07, 6.45) is 11.9. The molecule has 2 N–H and O–H groups in total. The molecule has 0 bridgehead atoms. The maximum atomic E-state index is 6.47. The Bertz CT molecular complexity index is 346. The van der Waals surface area contributed by atoms with Crippen molar-refractivity contribution >= 4 is 0 Å². The molecule has 2 rings (SSSR count). The van der Waals surface area contributed by atoms with E-state index in [9.17, 15) is 0 Å². The van der Waals surface area contributed by atoms with Crippen LogP contribution in [-0.2, 0) is 12.8 Å². The van der Waals surface area contributed by atoms with Gasteiger partial charge in [-0.15, -0.1) is 0 Å². The van der Waals surface area contributed by atoms with Crippen LogP contribution in [0.2, 0.25) is 0 Å². The van der Waals surface area contributed by atoms with Gasteiger partial charge in [-0.2, -0.15) is 0 Å². The normalized spacial score (nSPS) is 19.7. The Morgan fingerprint density at radius 1 is 0.947 bits per heavy atom. The predicted molar refractivity (Wildman–Crippen MR) is 83.3 cm³/mol. The van der Waals surface area contributed by atoms with Crippen molar-refractivity contribution in [2.75, 3.05) is 0 Å². The van der Waals surface area contributed by atoms with Crippen molar-refractivity contribution in [2.45, 2.75) is 70.8 Å². The molecule has 1 aromatic rings. The minimum atomic E-state index is 0.352. The molecule has 0 aliphatic heterocycles. The third-order valence-corrected chi connectivity index (χ3v) is 4.66. The van der Waals surface area contributed by atoms with Gasteiger partial charge in [-0.25, -0.2) is 0 Å². The van der Waals surface area contributed by atoms with E-state index in [0.717, 1.165) is 18.8 Å². The second kappa shape index (κ2) is 7.69. The molecule has 1 aromatic carbocycles. The highest BCUT2D eigenvalue weighted by Crippen LogP contribution is 2.25. The topological polar surface area (TPSA) is 26.0 Å². The van der Waals surface area contributed by atoms with E-state index in [0.29, 0.717) is 6.04 Å². The van der Waals surface area contributed by atoms with E-state index in [1.54, 1.807) is 0 Å². The summed E-state index contributed by atoms with van der Waals surface area (Å²) in [7, 11) is 0. The SMILES string of the molecule is CCc1ccc(CC(N)C2CCCCCCC2)cc1. The molecular formula is C18H29N. The van der Waals surface area contributed by atoms with E-state index in [4.69, 9.17) is 5.73 Å². The second-order valence-electron chi connectivity index (χ2n) is 6.14. The van der Waals surface area contributed by atoms with Crippen LogP contribution in [0.3, 0.4) is 0 Å². The average Bonchev–Trinajstić information content (AvgIpc) is 2.39. The van der Waals surface area contributed by atoms with Crippen molar-refractivity contribution in [3.05, 3.63) is 35.4 Å². The van der Waals surface area contributed by atoms with Gasteiger partial charge in [0.1, 0.15) is 0 Å². The van der Waals surface area contributed by atoms with Gasteiger partial charge in [0.05, 0.1) is 0 Å². The number of benzene rings is 1. The summed E-state index contributed by atoms with van der Waals surface area (Å²) < 4.78 is 0. The Morgan fingerprint density at radius 2 is 1.47 bits per heavy atom. The molecule has 0 heterocycles. The molecule has 0 radical (unpaired) electrons. The van der Waals surface area contributed by atoms with Crippen molar-refractivity contribution in [3.63, 3.8) is 0 Å². The monoisotopic (exact) mass is 259 g/mol. The van der Waals surface area contributed by atoms with E-state index < -0.39 is 0 Å². The highest BCUT2D eigenvalue weighted by Gasteiger charge is 2.18. The molecule has 0 amide bonds. The lowest BCUT2D eigenvalue weighted by atomic mass is 9.84. The zero-order chi connectivity index (χ0) is 13.5. The van der Waals surface area contributed by atoms with E-state index >= 15 is 0 Å². The summed E-state index contributed by atoms with van der Waals surface area (Å²) in [5, 5.41) is 0. The first kappa shape index (κ1) is 14.6. The Labute approximate surface area is 118 Å². The van der Waals surface area contributed by atoms with Crippen LogP contribution >= 0.6 is 0 Å². The highest BCUT2D eigenvalue weighted by atomic mass is 14.6. The Hall–Kier alpha value is -0.820. The number of rotatable bonds is 4. The third-order valence-electron chi connectivity index (χ3n) is 4.66. The number of hydrogen-bond acceptors (Lipinski definition) is 1. The number of aryl methyl sites for hydroxylation is 1. The lowest BCUT2D eigenvalue weighted by molar-refractivity contribution is 0.322. The van der Waals surface area contributed by atoms with Gasteiger partial charge in [0.2, 0.25) is 0 Å². The molecular weight excluding hydrogens is 230 g/mol. The van der Waals surface area contributed by atoms with Crippen LogP contribution in [0, 0.1) is 5.92 Å². The Kier molecular flexibility index (Phi) is 5.91. The van der Waals surface area contributed by atoms with Crippen LogP contribution in [0.5, 0.6) is 0 Å². The summed E-state index contributed by atoms with van der Waals surface area (Å²) in [6.45, 7) is 2.20. The lowest BCUT2D eigenvalue weighted by Crippen LogP contribution is -2.32. The maximum Gasteiger partial charge on any atom is 0.0108 e. The van der Waals surface area contributed by atoms with Gasteiger partial charge in [-0.1, -0.05) is 63.3 Å². The molecule has 1 atom stereocenters. The van der Waals surface area contributed by atoms with Gasteiger partial charge < -0.3 is 5.73 Å². The van der Waals surface area contributed by atoms with Crippen molar-refractivity contribution in [2.24, 2.45) is 11.7 Å². The van der Waals surface area contributed by atoms with Gasteiger partial charge in [0.15, 0.2) is 0 Å². The van der Waals surface area contributed by atoms with Crippen LogP contribution in [-0.4, -0.2) is 6.04 Å². The van der Waals surface area contributed by atoms with Gasteiger partial charge in [-0.3, -0.25) is 0 Å². The summed E-state index contributed by atoms with van der Waals surface area (Å²) >= 11 is 0. The second-order valence-corrected chi connectivity index (χ2v) is 6.14. The van der Waals surface area contributed by atoms with Crippen molar-refractivity contribution in [1.82, 2.24) is 0 Å². The van der Waals surface area contributed by atoms with Gasteiger partial charge >= 0.3 is 0 Å². The maximum absolute atomic E-state index is 6.47. The quantitative estimate of drug-likeness (QED) is 0.847. The predicted octanol–water partition coefficient (Wildman–Crippen LogP) is 4.48. The van der Waals surface area contributed by atoms with E-state index in [2.05, 4.69) is 31.2 Å². The fourth-order valence-electron chi connectivity index (χ4n) is 3.27. The molecule has 1 unspecified atom stereocenters. The standard InChI is InChI=1S/C18H29N/c1-2-15-10-12-16(13-11-15)14-18(19)17-8-6-4-3-5-7-9-17/h10-13,17-18H,2-9,14,19H2,1H3. The molecule has 1 fully saturated rings. The summed E-state index contributed by atoms with van der Waals surface area (Å²) in [4.78, 5) is 0.